The minimum atomic E-state index is -0.764. The number of phenols is 4. The van der Waals surface area contributed by atoms with Crippen molar-refractivity contribution in [1.82, 2.24) is 62.1 Å². The van der Waals surface area contributed by atoms with Crippen molar-refractivity contribution in [3.05, 3.63) is 117 Å². The predicted molar refractivity (Wildman–Crippen MR) is 277 cm³/mol. The Morgan fingerprint density at radius 2 is 0.468 bits per heavy atom. The largest absolute Gasteiger partial charge is 0.506 e. The van der Waals surface area contributed by atoms with Gasteiger partial charge in [-0.2, -0.15) is 0 Å². The van der Waals surface area contributed by atoms with E-state index in [1.165, 1.54) is 77.7 Å². The fourth-order valence-corrected chi connectivity index (χ4v) is 8.85. The Balaban J connectivity index is 1.30. The van der Waals surface area contributed by atoms with Gasteiger partial charge in [0.1, 0.15) is 23.0 Å². The number of aromatic hydroxyl groups is 4. The lowest BCUT2D eigenvalue weighted by atomic mass is 10.1. The SMILES string of the molecule is O=C1NCCN2CCNC(=O)c3cccc(c3O)C(=O)NCCN(CCNC(=O)c3cccc1c3O)CC(=O)N1CCNC(=O)c3cccc(c3O)C(=O)NCCN(CCNC(=O)c3cccc(c3O)C(=O)NCC1)CC2. The van der Waals surface area contributed by atoms with Crippen LogP contribution in [0.4, 0.5) is 0 Å². The third kappa shape index (κ3) is 14.5. The van der Waals surface area contributed by atoms with Crippen molar-refractivity contribution in [2.45, 2.75) is 0 Å². The van der Waals surface area contributed by atoms with E-state index in [0.29, 0.717) is 0 Å². The molecule has 0 spiro atoms. The van der Waals surface area contributed by atoms with Crippen LogP contribution in [0.15, 0.2) is 72.8 Å². The summed E-state index contributed by atoms with van der Waals surface area (Å²) in [6.45, 7) is -0.382. The smallest absolute Gasteiger partial charge is 0.255 e. The molecule has 408 valence electrons. The average Bonchev–Trinajstić information content (AvgIpc) is 3.40. The molecule has 0 saturated heterocycles. The van der Waals surface area contributed by atoms with Crippen molar-refractivity contribution in [1.29, 1.82) is 0 Å². The summed E-state index contributed by atoms with van der Waals surface area (Å²) in [5.41, 5.74) is -1.61. The highest BCUT2D eigenvalue weighted by molar-refractivity contribution is 6.06. The number of phenolic OH excluding ortho intramolecular Hbond substituents is 4. The summed E-state index contributed by atoms with van der Waals surface area (Å²) in [5.74, 6) is -8.68. The first kappa shape index (κ1) is 55.9. The van der Waals surface area contributed by atoms with Crippen LogP contribution in [0, 0.1) is 0 Å². The van der Waals surface area contributed by atoms with E-state index in [0.717, 1.165) is 0 Å². The molecule has 0 atom stereocenters. The first-order chi connectivity index (χ1) is 37.1. The lowest BCUT2D eigenvalue weighted by Gasteiger charge is -2.28. The monoisotopic (exact) mass is 1060 g/mol. The molecule has 4 aromatic carbocycles. The Labute approximate surface area is 442 Å². The molecule has 0 aliphatic carbocycles. The molecule has 0 unspecified atom stereocenters. The zero-order valence-corrected chi connectivity index (χ0v) is 42.1. The second kappa shape index (κ2) is 26.6. The summed E-state index contributed by atoms with van der Waals surface area (Å²) in [6, 6.07) is 16.4. The number of amides is 9. The lowest BCUT2D eigenvalue weighted by Crippen LogP contribution is -2.48. The van der Waals surface area contributed by atoms with E-state index in [9.17, 15) is 63.6 Å². The topological polar surface area (TPSA) is 344 Å². The zero-order chi connectivity index (χ0) is 55.0. The van der Waals surface area contributed by atoms with Crippen LogP contribution in [0.3, 0.4) is 0 Å². The molecule has 12 N–H and O–H groups in total. The van der Waals surface area contributed by atoms with Crippen LogP contribution in [0.25, 0.3) is 0 Å². The summed E-state index contributed by atoms with van der Waals surface area (Å²) in [7, 11) is 0. The molecule has 4 heterocycles. The molecule has 25 heteroatoms. The van der Waals surface area contributed by atoms with E-state index >= 15 is 0 Å². The highest BCUT2D eigenvalue weighted by Gasteiger charge is 2.26. The Hall–Kier alpha value is -8.81. The maximum absolute atomic E-state index is 14.4. The molecule has 9 amide bonds. The zero-order valence-electron chi connectivity index (χ0n) is 42.1. The molecule has 4 aliphatic heterocycles. The van der Waals surface area contributed by atoms with Gasteiger partial charge in [-0.25, -0.2) is 0 Å². The Morgan fingerprint density at radius 3 is 0.688 bits per heavy atom. The second-order valence-corrected chi connectivity index (χ2v) is 18.2. The van der Waals surface area contributed by atoms with Gasteiger partial charge in [0.2, 0.25) is 5.91 Å². The molecular weight excluding hydrogens is 1000 g/mol. The third-order valence-corrected chi connectivity index (χ3v) is 13.2. The molecule has 8 rings (SSSR count). The summed E-state index contributed by atoms with van der Waals surface area (Å²) in [4.78, 5) is 130. The van der Waals surface area contributed by atoms with Crippen LogP contribution >= 0.6 is 0 Å². The van der Waals surface area contributed by atoms with Crippen molar-refractivity contribution >= 4 is 53.2 Å². The second-order valence-electron chi connectivity index (χ2n) is 18.2. The van der Waals surface area contributed by atoms with Crippen LogP contribution in [-0.2, 0) is 4.79 Å². The summed E-state index contributed by atoms with van der Waals surface area (Å²) < 4.78 is 0. The van der Waals surface area contributed by atoms with Crippen molar-refractivity contribution in [2.75, 3.05) is 124 Å². The van der Waals surface area contributed by atoms with Crippen LogP contribution < -0.4 is 42.5 Å². The molecule has 25 nitrogen and oxygen atoms in total. The van der Waals surface area contributed by atoms with Gasteiger partial charge in [-0.1, -0.05) is 24.3 Å². The Bertz CT molecular complexity index is 2720. The van der Waals surface area contributed by atoms with Crippen molar-refractivity contribution in [3.63, 3.8) is 0 Å². The van der Waals surface area contributed by atoms with Gasteiger partial charge < -0.3 is 67.9 Å². The van der Waals surface area contributed by atoms with Crippen molar-refractivity contribution in [2.24, 2.45) is 0 Å². The van der Waals surface area contributed by atoms with Crippen LogP contribution in [0.2, 0.25) is 0 Å². The molecule has 12 bridgehead atoms. The number of hydrogen-bond acceptors (Lipinski definition) is 16. The molecule has 0 fully saturated rings. The number of para-hydroxylation sites is 4. The van der Waals surface area contributed by atoms with E-state index in [4.69, 9.17) is 0 Å². The Morgan fingerprint density at radius 1 is 0.273 bits per heavy atom. The lowest BCUT2D eigenvalue weighted by molar-refractivity contribution is -0.132. The summed E-state index contributed by atoms with van der Waals surface area (Å²) in [6.07, 6.45) is 0. The van der Waals surface area contributed by atoms with E-state index in [1.807, 2.05) is 9.80 Å². The van der Waals surface area contributed by atoms with E-state index < -0.39 is 76.2 Å². The third-order valence-electron chi connectivity index (χ3n) is 13.2. The first-order valence-corrected chi connectivity index (χ1v) is 25.1. The van der Waals surface area contributed by atoms with Crippen LogP contribution in [0.5, 0.6) is 23.0 Å². The highest BCUT2D eigenvalue weighted by atomic mass is 16.3. The van der Waals surface area contributed by atoms with Gasteiger partial charge >= 0.3 is 0 Å². The number of rotatable bonds is 0. The van der Waals surface area contributed by atoms with Gasteiger partial charge in [-0.15, -0.1) is 0 Å². The first-order valence-electron chi connectivity index (χ1n) is 25.1. The predicted octanol–water partition coefficient (Wildman–Crippen LogP) is -1.78. The fourth-order valence-electron chi connectivity index (χ4n) is 8.85. The normalized spacial score (nSPS) is 20.2. The summed E-state index contributed by atoms with van der Waals surface area (Å²) in [5, 5.41) is 66.8. The molecule has 4 aromatic rings. The minimum absolute atomic E-state index is 0.000152. The van der Waals surface area contributed by atoms with Gasteiger partial charge in [-0.3, -0.25) is 57.9 Å². The maximum Gasteiger partial charge on any atom is 0.255 e. The number of carbonyl (C=O) groups excluding carboxylic acids is 9. The highest BCUT2D eigenvalue weighted by Crippen LogP contribution is 2.26. The molecule has 0 radical (unpaired) electrons. The number of carbonyl (C=O) groups is 9. The molecular formula is C52H62N12O13. The number of nitrogens with zero attached hydrogens (tertiary/aromatic N) is 4. The molecule has 4 aliphatic rings. The van der Waals surface area contributed by atoms with Crippen LogP contribution in [-0.4, -0.2) is 218 Å². The summed E-state index contributed by atoms with van der Waals surface area (Å²) >= 11 is 0. The fraction of sp³-hybridized carbons (Fsp3) is 0.365. The van der Waals surface area contributed by atoms with Crippen molar-refractivity contribution in [3.8, 4) is 23.0 Å². The van der Waals surface area contributed by atoms with Gasteiger partial charge in [0.25, 0.3) is 47.3 Å². The molecule has 0 aromatic heterocycles. The van der Waals surface area contributed by atoms with Crippen molar-refractivity contribution < 1.29 is 63.6 Å². The number of hydrogen-bond donors (Lipinski definition) is 12. The van der Waals surface area contributed by atoms with Gasteiger partial charge in [-0.05, 0) is 48.5 Å². The maximum atomic E-state index is 14.4. The molecule has 77 heavy (non-hydrogen) atoms. The number of nitrogens with one attached hydrogen (secondary N) is 8. The van der Waals surface area contributed by atoms with Gasteiger partial charge in [0.05, 0.1) is 51.1 Å². The number of fused-ring (bicyclic) bond motifs is 16. The van der Waals surface area contributed by atoms with Gasteiger partial charge in [0.15, 0.2) is 0 Å². The van der Waals surface area contributed by atoms with E-state index in [-0.39, 0.29) is 169 Å². The Kier molecular flexibility index (Phi) is 19.3. The van der Waals surface area contributed by atoms with E-state index in [2.05, 4.69) is 42.5 Å². The number of benzene rings is 4. The van der Waals surface area contributed by atoms with E-state index in [1.54, 1.807) is 4.90 Å². The standard InChI is InChI=1S/C52H62N12O13/c65-40-31-63-25-17-57-49(74)36-9-1-5-32(41(36)66)45(70)53-13-21-61(22-14-54-46(71)33-6-2-10-37(42(33)67)50(75)58-18-26-63)29-30-62-23-15-55-47(72)34-7-3-11-38(43(34)68)51(76)59-19-27-64(40)28-20-60-52(77)39-12-4-8-35(44(39)69)48(73)56-16-24-62/h1-12,66-69H,13-31H2,(H,53,70)(H,54,71)(H,55,72)(H,56,73)(H,57,74)(H,58,75)(H,59,76)(H,60,77). The quantitative estimate of drug-likeness (QED) is 0.0927. The van der Waals surface area contributed by atoms with Crippen LogP contribution in [0.1, 0.15) is 82.9 Å². The molecule has 0 saturated carbocycles. The van der Waals surface area contributed by atoms with Gasteiger partial charge in [0, 0.05) is 118 Å². The average molecular weight is 1060 g/mol. The minimum Gasteiger partial charge on any atom is -0.506 e.